The number of para-hydroxylation sites is 1. The second-order valence-electron chi connectivity index (χ2n) is 9.21. The molecule has 31 heavy (non-hydrogen) atoms. The van der Waals surface area contributed by atoms with Crippen LogP contribution in [0.3, 0.4) is 0 Å². The van der Waals surface area contributed by atoms with Crippen molar-refractivity contribution in [2.75, 3.05) is 18.1 Å². The summed E-state index contributed by atoms with van der Waals surface area (Å²) in [7, 11) is -1.13. The molecule has 1 aromatic carbocycles. The summed E-state index contributed by atoms with van der Waals surface area (Å²) in [5, 5.41) is 10.6. The zero-order chi connectivity index (χ0) is 22.2. The first-order valence-electron chi connectivity index (χ1n) is 10.6. The molecule has 1 aliphatic rings. The van der Waals surface area contributed by atoms with E-state index in [1.54, 1.807) is 12.1 Å². The predicted octanol–water partition coefficient (Wildman–Crippen LogP) is 4.97. The number of rotatable bonds is 7. The minimum atomic E-state index is -1.13. The van der Waals surface area contributed by atoms with Crippen LogP contribution in [0.25, 0.3) is 11.0 Å². The lowest BCUT2D eigenvalue weighted by Crippen LogP contribution is -2.38. The second-order valence-corrected chi connectivity index (χ2v) is 14.8. The van der Waals surface area contributed by atoms with Crippen LogP contribution in [0, 0.1) is 0 Å². The van der Waals surface area contributed by atoms with Crippen LogP contribution in [0.5, 0.6) is 5.88 Å². The number of fused-ring (bicyclic) bond motifs is 2. The molecular weight excluding hydrogens is 410 g/mol. The Morgan fingerprint density at radius 2 is 2.03 bits per heavy atom. The highest BCUT2D eigenvalue weighted by Gasteiger charge is 2.30. The third-order valence-electron chi connectivity index (χ3n) is 5.47. The molecule has 4 rings (SSSR count). The molecule has 1 N–H and O–H groups in total. The molecule has 164 valence electrons. The standard InChI is InChI=1S/C23H29N3O4Si/c1-16-14-30-22-20(26(16)19-8-6-5-7-18(19)23(27)28)13-17-9-10-25(21(17)24-22)15-29-11-12-31(2,3)4/h5-10,13,16H,11-12,14-15H2,1-4H3,(H,27,28). The van der Waals surface area contributed by atoms with Gasteiger partial charge in [0.15, 0.2) is 0 Å². The summed E-state index contributed by atoms with van der Waals surface area (Å²) in [6, 6.07) is 12.2. The fourth-order valence-corrected chi connectivity index (χ4v) is 4.51. The number of anilines is 2. The third-order valence-corrected chi connectivity index (χ3v) is 7.17. The number of ether oxygens (including phenoxy) is 2. The van der Waals surface area contributed by atoms with E-state index in [-0.39, 0.29) is 11.6 Å². The molecule has 0 saturated heterocycles. The van der Waals surface area contributed by atoms with E-state index in [4.69, 9.17) is 14.5 Å². The lowest BCUT2D eigenvalue weighted by Gasteiger charge is -2.36. The van der Waals surface area contributed by atoms with E-state index in [1.807, 2.05) is 46.9 Å². The Bertz CT molecular complexity index is 1110. The van der Waals surface area contributed by atoms with Gasteiger partial charge in [-0.25, -0.2) is 4.79 Å². The number of nitrogens with zero attached hydrogens (tertiary/aromatic N) is 3. The quantitative estimate of drug-likeness (QED) is 0.414. The van der Waals surface area contributed by atoms with Gasteiger partial charge < -0.3 is 24.0 Å². The van der Waals surface area contributed by atoms with Gasteiger partial charge in [0.05, 0.1) is 17.3 Å². The highest BCUT2D eigenvalue weighted by molar-refractivity contribution is 6.76. The monoisotopic (exact) mass is 439 g/mol. The van der Waals surface area contributed by atoms with Crippen LogP contribution in [0.1, 0.15) is 17.3 Å². The van der Waals surface area contributed by atoms with Crippen molar-refractivity contribution in [2.24, 2.45) is 0 Å². The summed E-state index contributed by atoms with van der Waals surface area (Å²) >= 11 is 0. The smallest absolute Gasteiger partial charge is 0.337 e. The average molecular weight is 440 g/mol. The number of carbonyl (C=O) groups is 1. The molecule has 7 nitrogen and oxygen atoms in total. The third kappa shape index (κ3) is 4.45. The van der Waals surface area contributed by atoms with E-state index in [2.05, 4.69) is 19.6 Å². The first kappa shape index (κ1) is 21.4. The summed E-state index contributed by atoms with van der Waals surface area (Å²) < 4.78 is 13.8. The molecule has 3 heterocycles. The van der Waals surface area contributed by atoms with Gasteiger partial charge in [0.1, 0.15) is 24.7 Å². The molecule has 0 saturated carbocycles. The van der Waals surface area contributed by atoms with Crippen LogP contribution in [-0.4, -0.2) is 48.0 Å². The Morgan fingerprint density at radius 1 is 1.26 bits per heavy atom. The van der Waals surface area contributed by atoms with E-state index < -0.39 is 14.0 Å². The van der Waals surface area contributed by atoms with Crippen molar-refractivity contribution in [2.45, 2.75) is 45.4 Å². The highest BCUT2D eigenvalue weighted by atomic mass is 28.3. The van der Waals surface area contributed by atoms with Gasteiger partial charge in [-0.1, -0.05) is 31.8 Å². The first-order chi connectivity index (χ1) is 14.7. The molecule has 0 bridgehead atoms. The number of carboxylic acids is 1. The maximum Gasteiger partial charge on any atom is 0.337 e. The summed E-state index contributed by atoms with van der Waals surface area (Å²) in [5.74, 6) is -0.445. The molecule has 0 radical (unpaired) electrons. The zero-order valence-corrected chi connectivity index (χ0v) is 19.5. The van der Waals surface area contributed by atoms with E-state index in [0.717, 1.165) is 29.4 Å². The van der Waals surface area contributed by atoms with Crippen LogP contribution in [0.15, 0.2) is 42.6 Å². The Morgan fingerprint density at radius 3 is 2.77 bits per heavy atom. The highest BCUT2D eigenvalue weighted by Crippen LogP contribution is 2.41. The van der Waals surface area contributed by atoms with E-state index in [0.29, 0.717) is 24.9 Å². The van der Waals surface area contributed by atoms with Gasteiger partial charge >= 0.3 is 5.97 Å². The van der Waals surface area contributed by atoms with Gasteiger partial charge in [-0.15, -0.1) is 0 Å². The molecule has 1 unspecified atom stereocenters. The minimum absolute atomic E-state index is 0.0285. The topological polar surface area (TPSA) is 76.8 Å². The SMILES string of the molecule is CC1COc2nc3c(ccn3COCC[Si](C)(C)C)cc2N1c1ccccc1C(=O)O. The number of aromatic nitrogens is 2. The van der Waals surface area contributed by atoms with Gasteiger partial charge in [0.25, 0.3) is 0 Å². The fourth-order valence-electron chi connectivity index (χ4n) is 3.75. The molecule has 0 amide bonds. The molecule has 0 fully saturated rings. The fraction of sp³-hybridized carbons (Fsp3) is 0.391. The van der Waals surface area contributed by atoms with Crippen LogP contribution >= 0.6 is 0 Å². The lowest BCUT2D eigenvalue weighted by atomic mass is 10.1. The number of hydrogen-bond acceptors (Lipinski definition) is 5. The van der Waals surface area contributed by atoms with Crippen LogP contribution < -0.4 is 9.64 Å². The van der Waals surface area contributed by atoms with Gasteiger partial charge in [-0.2, -0.15) is 4.98 Å². The van der Waals surface area contributed by atoms with Gasteiger partial charge in [0.2, 0.25) is 5.88 Å². The Balaban J connectivity index is 1.66. The largest absolute Gasteiger partial charge is 0.478 e. The molecule has 2 aromatic heterocycles. The van der Waals surface area contributed by atoms with Crippen molar-refractivity contribution < 1.29 is 19.4 Å². The van der Waals surface area contributed by atoms with Crippen molar-refractivity contribution in [3.63, 3.8) is 0 Å². The molecule has 3 aromatic rings. The van der Waals surface area contributed by atoms with Crippen molar-refractivity contribution in [1.29, 1.82) is 0 Å². The predicted molar refractivity (Wildman–Crippen MR) is 124 cm³/mol. The number of pyridine rings is 1. The van der Waals surface area contributed by atoms with Crippen molar-refractivity contribution in [3.8, 4) is 5.88 Å². The normalized spacial score (nSPS) is 16.3. The number of hydrogen-bond donors (Lipinski definition) is 1. The first-order valence-corrected chi connectivity index (χ1v) is 14.3. The van der Waals surface area contributed by atoms with Crippen LogP contribution in [0.2, 0.25) is 25.7 Å². The molecule has 1 aliphatic heterocycles. The summed E-state index contributed by atoms with van der Waals surface area (Å²) in [4.78, 5) is 18.6. The Labute approximate surface area is 183 Å². The minimum Gasteiger partial charge on any atom is -0.478 e. The number of aromatic carboxylic acids is 1. The van der Waals surface area contributed by atoms with Crippen LogP contribution in [-0.2, 0) is 11.5 Å². The number of benzene rings is 1. The summed E-state index contributed by atoms with van der Waals surface area (Å²) in [6.07, 6.45) is 1.97. The summed E-state index contributed by atoms with van der Waals surface area (Å²) in [6.45, 7) is 10.6. The van der Waals surface area contributed by atoms with E-state index in [1.165, 1.54) is 0 Å². The Hall–Kier alpha value is -2.84. The molecule has 1 atom stereocenters. The average Bonchev–Trinajstić information content (AvgIpc) is 3.11. The number of carboxylic acid groups (broad SMARTS) is 1. The van der Waals surface area contributed by atoms with E-state index >= 15 is 0 Å². The zero-order valence-electron chi connectivity index (χ0n) is 18.5. The maximum absolute atomic E-state index is 11.8. The van der Waals surface area contributed by atoms with Crippen molar-refractivity contribution >= 4 is 36.5 Å². The maximum atomic E-state index is 11.8. The second kappa shape index (κ2) is 8.36. The molecule has 8 heteroatoms. The van der Waals surface area contributed by atoms with Crippen molar-refractivity contribution in [3.05, 3.63) is 48.2 Å². The van der Waals surface area contributed by atoms with Crippen molar-refractivity contribution in [1.82, 2.24) is 9.55 Å². The van der Waals surface area contributed by atoms with Crippen LogP contribution in [0.4, 0.5) is 11.4 Å². The molecule has 0 spiro atoms. The van der Waals surface area contributed by atoms with Gasteiger partial charge in [-0.05, 0) is 37.2 Å². The lowest BCUT2D eigenvalue weighted by molar-refractivity contribution is 0.0697. The molecular formula is C23H29N3O4Si. The molecule has 0 aliphatic carbocycles. The summed E-state index contributed by atoms with van der Waals surface area (Å²) in [5.41, 5.74) is 2.48. The van der Waals surface area contributed by atoms with E-state index in [9.17, 15) is 9.90 Å². The van der Waals surface area contributed by atoms with Gasteiger partial charge in [-0.3, -0.25) is 0 Å². The Kier molecular flexibility index (Phi) is 5.77. The van der Waals surface area contributed by atoms with Gasteiger partial charge in [0, 0.05) is 26.3 Å².